The molecule has 1 saturated heterocycles. The van der Waals surface area contributed by atoms with Crippen molar-refractivity contribution in [2.24, 2.45) is 0 Å². The average molecular weight is 196 g/mol. The second-order valence-corrected chi connectivity index (χ2v) is 4.38. The molecule has 0 saturated carbocycles. The Morgan fingerprint density at radius 2 is 2.21 bits per heavy atom. The van der Waals surface area contributed by atoms with Crippen LogP contribution in [0.2, 0.25) is 0 Å². The van der Waals surface area contributed by atoms with Crippen molar-refractivity contribution in [3.05, 3.63) is 24.2 Å². The van der Waals surface area contributed by atoms with Crippen LogP contribution in [0, 0.1) is 0 Å². The molecule has 2 atom stereocenters. The molecule has 0 amide bonds. The standard InChI is InChI=1S/C11H16O3/c1-8-7-11(2,3)14-10(13-8)9-5-4-6-12-9/h4-6,8,10H,7H2,1-3H3/t8-,10-/m0/s1. The normalized spacial score (nSPS) is 31.6. The van der Waals surface area contributed by atoms with Gasteiger partial charge in [-0.1, -0.05) is 0 Å². The Labute approximate surface area is 84.0 Å². The summed E-state index contributed by atoms with van der Waals surface area (Å²) in [6.45, 7) is 6.20. The Morgan fingerprint density at radius 1 is 1.43 bits per heavy atom. The molecule has 0 unspecified atom stereocenters. The highest BCUT2D eigenvalue weighted by Crippen LogP contribution is 2.35. The Balaban J connectivity index is 2.14. The molecule has 78 valence electrons. The van der Waals surface area contributed by atoms with Crippen molar-refractivity contribution < 1.29 is 13.9 Å². The average Bonchev–Trinajstić information content (AvgIpc) is 2.51. The van der Waals surface area contributed by atoms with Crippen LogP contribution in [0.15, 0.2) is 22.8 Å². The zero-order valence-electron chi connectivity index (χ0n) is 8.82. The molecule has 0 spiro atoms. The summed E-state index contributed by atoms with van der Waals surface area (Å²) in [6, 6.07) is 3.72. The molecule has 1 aromatic rings. The summed E-state index contributed by atoms with van der Waals surface area (Å²) in [5, 5.41) is 0. The van der Waals surface area contributed by atoms with E-state index in [1.807, 2.05) is 12.1 Å². The molecule has 2 rings (SSSR count). The van der Waals surface area contributed by atoms with Crippen LogP contribution in [0.1, 0.15) is 39.2 Å². The van der Waals surface area contributed by atoms with Gasteiger partial charge in [0.05, 0.1) is 18.0 Å². The van der Waals surface area contributed by atoms with Crippen LogP contribution in [0.25, 0.3) is 0 Å². The summed E-state index contributed by atoms with van der Waals surface area (Å²) in [5.41, 5.74) is -0.144. The maximum atomic E-state index is 5.77. The van der Waals surface area contributed by atoms with Gasteiger partial charge in [0.2, 0.25) is 6.29 Å². The SMILES string of the molecule is C[C@H]1CC(C)(C)O[C@@H](c2ccco2)O1. The van der Waals surface area contributed by atoms with Gasteiger partial charge in [-0.15, -0.1) is 0 Å². The number of furan rings is 1. The van der Waals surface area contributed by atoms with Gasteiger partial charge in [0.1, 0.15) is 0 Å². The Hall–Kier alpha value is -0.800. The highest BCUT2D eigenvalue weighted by atomic mass is 16.7. The van der Waals surface area contributed by atoms with E-state index in [1.165, 1.54) is 0 Å². The van der Waals surface area contributed by atoms with E-state index >= 15 is 0 Å². The topological polar surface area (TPSA) is 31.6 Å². The third-order valence-electron chi connectivity index (χ3n) is 2.34. The first kappa shape index (κ1) is 9.74. The lowest BCUT2D eigenvalue weighted by Crippen LogP contribution is -2.38. The molecule has 1 aliphatic heterocycles. The summed E-state index contributed by atoms with van der Waals surface area (Å²) in [6.07, 6.45) is 2.39. The highest BCUT2D eigenvalue weighted by Gasteiger charge is 2.35. The lowest BCUT2D eigenvalue weighted by molar-refractivity contribution is -0.279. The maximum absolute atomic E-state index is 5.77. The van der Waals surface area contributed by atoms with E-state index in [-0.39, 0.29) is 18.0 Å². The van der Waals surface area contributed by atoms with Gasteiger partial charge >= 0.3 is 0 Å². The molecule has 3 heteroatoms. The van der Waals surface area contributed by atoms with Crippen LogP contribution < -0.4 is 0 Å². The molecule has 2 heterocycles. The number of rotatable bonds is 1. The van der Waals surface area contributed by atoms with Gasteiger partial charge < -0.3 is 13.9 Å². The van der Waals surface area contributed by atoms with Crippen molar-refractivity contribution in [2.45, 2.75) is 45.2 Å². The van der Waals surface area contributed by atoms with Crippen LogP contribution in [-0.2, 0) is 9.47 Å². The molecule has 0 radical (unpaired) electrons. The first-order chi connectivity index (χ1) is 6.57. The fraction of sp³-hybridized carbons (Fsp3) is 0.636. The Bertz CT molecular complexity index is 289. The summed E-state index contributed by atoms with van der Waals surface area (Å²) >= 11 is 0. The predicted octanol–water partition coefficient (Wildman–Crippen LogP) is 2.88. The molecule has 1 aliphatic rings. The van der Waals surface area contributed by atoms with Gasteiger partial charge in [0, 0.05) is 6.42 Å². The fourth-order valence-corrected chi connectivity index (χ4v) is 1.87. The van der Waals surface area contributed by atoms with E-state index < -0.39 is 0 Å². The summed E-state index contributed by atoms with van der Waals surface area (Å²) < 4.78 is 16.7. The molecule has 0 aromatic carbocycles. The molecule has 1 fully saturated rings. The van der Waals surface area contributed by atoms with Crippen molar-refractivity contribution in [3.8, 4) is 0 Å². The molecule has 3 nitrogen and oxygen atoms in total. The smallest absolute Gasteiger partial charge is 0.217 e. The van der Waals surface area contributed by atoms with E-state index in [2.05, 4.69) is 20.8 Å². The zero-order chi connectivity index (χ0) is 10.2. The van der Waals surface area contributed by atoms with Crippen molar-refractivity contribution in [2.75, 3.05) is 0 Å². The van der Waals surface area contributed by atoms with Crippen molar-refractivity contribution in [1.82, 2.24) is 0 Å². The lowest BCUT2D eigenvalue weighted by atomic mass is 10.00. The first-order valence-electron chi connectivity index (χ1n) is 4.93. The second-order valence-electron chi connectivity index (χ2n) is 4.38. The van der Waals surface area contributed by atoms with Gasteiger partial charge in [-0.25, -0.2) is 0 Å². The summed E-state index contributed by atoms with van der Waals surface area (Å²) in [7, 11) is 0. The van der Waals surface area contributed by atoms with Gasteiger partial charge in [-0.05, 0) is 32.9 Å². The summed E-state index contributed by atoms with van der Waals surface area (Å²) in [4.78, 5) is 0. The van der Waals surface area contributed by atoms with E-state index in [9.17, 15) is 0 Å². The van der Waals surface area contributed by atoms with Gasteiger partial charge in [0.25, 0.3) is 0 Å². The molecule has 14 heavy (non-hydrogen) atoms. The number of hydrogen-bond donors (Lipinski definition) is 0. The van der Waals surface area contributed by atoms with Crippen LogP contribution in [-0.4, -0.2) is 11.7 Å². The highest BCUT2D eigenvalue weighted by molar-refractivity contribution is 5.01. The first-order valence-corrected chi connectivity index (χ1v) is 4.93. The number of hydrogen-bond acceptors (Lipinski definition) is 3. The minimum Gasteiger partial charge on any atom is -0.464 e. The zero-order valence-corrected chi connectivity index (χ0v) is 8.82. The Kier molecular flexibility index (Phi) is 2.37. The molecular formula is C11H16O3. The minimum atomic E-state index is -0.358. The Morgan fingerprint density at radius 3 is 2.79 bits per heavy atom. The van der Waals surface area contributed by atoms with Crippen LogP contribution >= 0.6 is 0 Å². The monoisotopic (exact) mass is 196 g/mol. The van der Waals surface area contributed by atoms with E-state index in [0.717, 1.165) is 12.2 Å². The molecule has 1 aromatic heterocycles. The van der Waals surface area contributed by atoms with Crippen molar-refractivity contribution in [3.63, 3.8) is 0 Å². The fourth-order valence-electron chi connectivity index (χ4n) is 1.87. The van der Waals surface area contributed by atoms with E-state index in [1.54, 1.807) is 6.26 Å². The maximum Gasteiger partial charge on any atom is 0.217 e. The van der Waals surface area contributed by atoms with Gasteiger partial charge in [-0.2, -0.15) is 0 Å². The molecule has 0 bridgehead atoms. The predicted molar refractivity (Wildman–Crippen MR) is 51.8 cm³/mol. The molecule has 0 N–H and O–H groups in total. The van der Waals surface area contributed by atoms with Crippen molar-refractivity contribution in [1.29, 1.82) is 0 Å². The molecule has 0 aliphatic carbocycles. The lowest BCUT2D eigenvalue weighted by Gasteiger charge is -2.38. The van der Waals surface area contributed by atoms with Gasteiger partial charge in [0.15, 0.2) is 5.76 Å². The van der Waals surface area contributed by atoms with E-state index in [4.69, 9.17) is 13.9 Å². The van der Waals surface area contributed by atoms with Crippen LogP contribution in [0.5, 0.6) is 0 Å². The van der Waals surface area contributed by atoms with Gasteiger partial charge in [-0.3, -0.25) is 0 Å². The third-order valence-corrected chi connectivity index (χ3v) is 2.34. The largest absolute Gasteiger partial charge is 0.464 e. The second kappa shape index (κ2) is 3.41. The van der Waals surface area contributed by atoms with Crippen LogP contribution in [0.4, 0.5) is 0 Å². The number of ether oxygens (including phenoxy) is 2. The van der Waals surface area contributed by atoms with E-state index in [0.29, 0.717) is 0 Å². The van der Waals surface area contributed by atoms with Crippen LogP contribution in [0.3, 0.4) is 0 Å². The van der Waals surface area contributed by atoms with Crippen molar-refractivity contribution >= 4 is 0 Å². The quantitative estimate of drug-likeness (QED) is 0.692. The molecular weight excluding hydrogens is 180 g/mol. The summed E-state index contributed by atoms with van der Waals surface area (Å²) in [5.74, 6) is 0.740. The third kappa shape index (κ3) is 1.99. The minimum absolute atomic E-state index is 0.144.